The molecule has 0 radical (unpaired) electrons. The van der Waals surface area contributed by atoms with Crippen molar-refractivity contribution in [2.45, 2.75) is 70.4 Å². The molecule has 1 heterocycles. The standard InChI is InChI=1S/C17H26N2O2/c1-10(18-16(21)14-2-3-15(20)19-14)17-7-11-4-12(8-17)6-13(5-11)9-17/h10-14H,2-9H2,1H3,(H,18,21)(H,19,20)/t10-,11?,12?,13?,14-,17?/m1/s1. The molecule has 0 spiro atoms. The molecule has 4 nitrogen and oxygen atoms in total. The number of hydrogen-bond donors (Lipinski definition) is 2. The third-order valence-electron chi connectivity index (χ3n) is 6.67. The molecule has 0 aromatic rings. The van der Waals surface area contributed by atoms with E-state index in [0.717, 1.165) is 17.8 Å². The van der Waals surface area contributed by atoms with Gasteiger partial charge in [-0.25, -0.2) is 0 Å². The number of carbonyl (C=O) groups excluding carboxylic acids is 2. The van der Waals surface area contributed by atoms with Crippen LogP contribution in [-0.2, 0) is 9.59 Å². The van der Waals surface area contributed by atoms with Crippen LogP contribution in [0.4, 0.5) is 0 Å². The van der Waals surface area contributed by atoms with Gasteiger partial charge in [-0.05, 0) is 75.0 Å². The van der Waals surface area contributed by atoms with E-state index >= 15 is 0 Å². The highest BCUT2D eigenvalue weighted by Gasteiger charge is 2.53. The molecule has 116 valence electrons. The van der Waals surface area contributed by atoms with E-state index in [1.54, 1.807) is 0 Å². The molecular weight excluding hydrogens is 264 g/mol. The second-order valence-corrected chi connectivity index (χ2v) is 8.17. The van der Waals surface area contributed by atoms with Gasteiger partial charge in [-0.15, -0.1) is 0 Å². The average Bonchev–Trinajstić information content (AvgIpc) is 2.84. The van der Waals surface area contributed by atoms with Crippen LogP contribution in [0.25, 0.3) is 0 Å². The molecular formula is C17H26N2O2. The molecule has 0 unspecified atom stereocenters. The van der Waals surface area contributed by atoms with Gasteiger partial charge >= 0.3 is 0 Å². The zero-order valence-electron chi connectivity index (χ0n) is 12.9. The van der Waals surface area contributed by atoms with Crippen molar-refractivity contribution in [3.05, 3.63) is 0 Å². The lowest BCUT2D eigenvalue weighted by Crippen LogP contribution is -2.57. The van der Waals surface area contributed by atoms with Crippen LogP contribution in [0.3, 0.4) is 0 Å². The van der Waals surface area contributed by atoms with Gasteiger partial charge in [0.25, 0.3) is 0 Å². The maximum atomic E-state index is 12.4. The molecule has 4 heteroatoms. The molecule has 2 amide bonds. The SMILES string of the molecule is C[C@@H](NC(=O)[C@H]1CCC(=O)N1)C12CC3CC(CC(C3)C1)C2. The summed E-state index contributed by atoms with van der Waals surface area (Å²) in [6, 6.07) is -0.0511. The van der Waals surface area contributed by atoms with E-state index in [2.05, 4.69) is 17.6 Å². The van der Waals surface area contributed by atoms with Crippen molar-refractivity contribution in [3.63, 3.8) is 0 Å². The smallest absolute Gasteiger partial charge is 0.242 e. The molecule has 4 aliphatic carbocycles. The van der Waals surface area contributed by atoms with Crippen LogP contribution < -0.4 is 10.6 Å². The van der Waals surface area contributed by atoms with E-state index < -0.39 is 0 Å². The third-order valence-corrected chi connectivity index (χ3v) is 6.67. The average molecular weight is 290 g/mol. The molecule has 5 fully saturated rings. The van der Waals surface area contributed by atoms with Crippen molar-refractivity contribution in [2.24, 2.45) is 23.2 Å². The molecule has 1 aliphatic heterocycles. The van der Waals surface area contributed by atoms with Gasteiger partial charge in [0.2, 0.25) is 11.8 Å². The van der Waals surface area contributed by atoms with Crippen molar-refractivity contribution in [1.29, 1.82) is 0 Å². The molecule has 0 aromatic heterocycles. The van der Waals surface area contributed by atoms with Crippen LogP contribution in [0.1, 0.15) is 58.3 Å². The van der Waals surface area contributed by atoms with Crippen LogP contribution in [0.5, 0.6) is 0 Å². The second-order valence-electron chi connectivity index (χ2n) is 8.17. The maximum Gasteiger partial charge on any atom is 0.242 e. The first-order chi connectivity index (χ1) is 10.0. The van der Waals surface area contributed by atoms with Crippen LogP contribution in [0.15, 0.2) is 0 Å². The summed E-state index contributed by atoms with van der Waals surface area (Å²) in [5, 5.41) is 6.03. The van der Waals surface area contributed by atoms with Gasteiger partial charge in [0.15, 0.2) is 0 Å². The fraction of sp³-hybridized carbons (Fsp3) is 0.882. The van der Waals surface area contributed by atoms with Crippen molar-refractivity contribution < 1.29 is 9.59 Å². The molecule has 5 rings (SSSR count). The first-order valence-corrected chi connectivity index (χ1v) is 8.64. The Morgan fingerprint density at radius 1 is 1.19 bits per heavy atom. The minimum Gasteiger partial charge on any atom is -0.351 e. The highest BCUT2D eigenvalue weighted by atomic mass is 16.2. The predicted octanol–water partition coefficient (Wildman–Crippen LogP) is 1.99. The fourth-order valence-electron chi connectivity index (χ4n) is 5.99. The first-order valence-electron chi connectivity index (χ1n) is 8.64. The van der Waals surface area contributed by atoms with Gasteiger partial charge in [-0.3, -0.25) is 9.59 Å². The monoisotopic (exact) mass is 290 g/mol. The zero-order valence-corrected chi connectivity index (χ0v) is 12.9. The molecule has 21 heavy (non-hydrogen) atoms. The number of hydrogen-bond acceptors (Lipinski definition) is 2. The Labute approximate surface area is 126 Å². The Hall–Kier alpha value is -1.06. The Balaban J connectivity index is 1.44. The lowest BCUT2D eigenvalue weighted by molar-refractivity contribution is -0.129. The van der Waals surface area contributed by atoms with Gasteiger partial charge in [-0.2, -0.15) is 0 Å². The summed E-state index contributed by atoms with van der Waals surface area (Å²) in [5.74, 6) is 2.76. The van der Waals surface area contributed by atoms with E-state index in [1.807, 2.05) is 0 Å². The normalized spacial score (nSPS) is 45.5. The number of amides is 2. The molecule has 1 saturated heterocycles. The third kappa shape index (κ3) is 2.27. The Kier molecular flexibility index (Phi) is 3.05. The highest BCUT2D eigenvalue weighted by Crippen LogP contribution is 2.61. The fourth-order valence-corrected chi connectivity index (χ4v) is 5.99. The highest BCUT2D eigenvalue weighted by molar-refractivity contribution is 5.90. The zero-order chi connectivity index (χ0) is 14.6. The summed E-state index contributed by atoms with van der Waals surface area (Å²) in [7, 11) is 0. The van der Waals surface area contributed by atoms with Crippen LogP contribution >= 0.6 is 0 Å². The lowest BCUT2D eigenvalue weighted by atomic mass is 9.48. The van der Waals surface area contributed by atoms with Gasteiger partial charge in [0.1, 0.15) is 6.04 Å². The van der Waals surface area contributed by atoms with Gasteiger partial charge in [0.05, 0.1) is 0 Å². The van der Waals surface area contributed by atoms with Crippen molar-refractivity contribution in [3.8, 4) is 0 Å². The molecule has 0 aromatic carbocycles. The molecule has 2 N–H and O–H groups in total. The molecule has 4 bridgehead atoms. The lowest BCUT2D eigenvalue weighted by Gasteiger charge is -2.59. The Morgan fingerprint density at radius 2 is 1.76 bits per heavy atom. The van der Waals surface area contributed by atoms with E-state index in [4.69, 9.17) is 0 Å². The largest absolute Gasteiger partial charge is 0.351 e. The number of nitrogens with one attached hydrogen (secondary N) is 2. The van der Waals surface area contributed by atoms with Gasteiger partial charge in [-0.1, -0.05) is 0 Å². The van der Waals surface area contributed by atoms with Gasteiger partial charge in [0, 0.05) is 12.5 Å². The van der Waals surface area contributed by atoms with Gasteiger partial charge < -0.3 is 10.6 Å². The minimum absolute atomic E-state index is 0.0117. The summed E-state index contributed by atoms with van der Waals surface area (Å²) >= 11 is 0. The maximum absolute atomic E-state index is 12.4. The summed E-state index contributed by atoms with van der Waals surface area (Å²) in [4.78, 5) is 23.6. The Morgan fingerprint density at radius 3 is 2.24 bits per heavy atom. The van der Waals surface area contributed by atoms with Crippen molar-refractivity contribution in [1.82, 2.24) is 10.6 Å². The number of rotatable bonds is 3. The first kappa shape index (κ1) is 13.6. The predicted molar refractivity (Wildman–Crippen MR) is 79.4 cm³/mol. The van der Waals surface area contributed by atoms with Crippen molar-refractivity contribution >= 4 is 11.8 Å². The van der Waals surface area contributed by atoms with E-state index in [0.29, 0.717) is 18.3 Å². The summed E-state index contributed by atoms with van der Waals surface area (Å²) in [6.45, 7) is 2.20. The molecule has 2 atom stereocenters. The molecule has 5 aliphatic rings. The summed E-state index contributed by atoms with van der Waals surface area (Å²) in [5.41, 5.74) is 0.340. The number of carbonyl (C=O) groups is 2. The van der Waals surface area contributed by atoms with Crippen LogP contribution in [-0.4, -0.2) is 23.9 Å². The summed E-state index contributed by atoms with van der Waals surface area (Å²) < 4.78 is 0. The minimum atomic E-state index is -0.297. The second kappa shape index (κ2) is 4.72. The van der Waals surface area contributed by atoms with Crippen molar-refractivity contribution in [2.75, 3.05) is 0 Å². The van der Waals surface area contributed by atoms with E-state index in [-0.39, 0.29) is 23.9 Å². The van der Waals surface area contributed by atoms with Crippen LogP contribution in [0.2, 0.25) is 0 Å². The Bertz CT molecular complexity index is 438. The topological polar surface area (TPSA) is 58.2 Å². The van der Waals surface area contributed by atoms with Crippen LogP contribution in [0, 0.1) is 23.2 Å². The summed E-state index contributed by atoms with van der Waals surface area (Å²) in [6.07, 6.45) is 9.34. The molecule has 4 saturated carbocycles. The quantitative estimate of drug-likeness (QED) is 0.835. The van der Waals surface area contributed by atoms with E-state index in [9.17, 15) is 9.59 Å². The van der Waals surface area contributed by atoms with E-state index in [1.165, 1.54) is 38.5 Å².